The summed E-state index contributed by atoms with van der Waals surface area (Å²) in [5.74, 6) is 1.65. The monoisotopic (exact) mass is 511 g/mol. The van der Waals surface area contributed by atoms with Crippen LogP contribution in [0.25, 0.3) is 22.5 Å². The van der Waals surface area contributed by atoms with Crippen LogP contribution in [0.4, 0.5) is 17.3 Å². The Kier molecular flexibility index (Phi) is 7.10. The van der Waals surface area contributed by atoms with Gasteiger partial charge in [-0.05, 0) is 70.5 Å². The number of anilines is 3. The van der Waals surface area contributed by atoms with Crippen molar-refractivity contribution in [1.82, 2.24) is 9.97 Å². The molecule has 3 nitrogen and oxygen atoms in total. The van der Waals surface area contributed by atoms with Crippen molar-refractivity contribution >= 4 is 17.3 Å². The molecule has 39 heavy (non-hydrogen) atoms. The Labute approximate surface area is 233 Å². The standard InChI is InChI=1S/C36H37N3/c1-35(2,3)28-16-10-14-26(24-28)31-20-12-22-33(37-31)39(30-18-8-7-9-19-30)34-23-13-21-32(38-34)27-15-11-17-29(25-27)36(4,5)6/h7-25H,1-6H3. The summed E-state index contributed by atoms with van der Waals surface area (Å²) in [6.45, 7) is 13.4. The zero-order chi connectivity index (χ0) is 27.6. The zero-order valence-electron chi connectivity index (χ0n) is 23.8. The molecule has 0 bridgehead atoms. The van der Waals surface area contributed by atoms with Crippen LogP contribution >= 0.6 is 0 Å². The van der Waals surface area contributed by atoms with E-state index in [4.69, 9.17) is 9.97 Å². The number of pyridine rings is 2. The number of aromatic nitrogens is 2. The van der Waals surface area contributed by atoms with Gasteiger partial charge in [0.1, 0.15) is 11.6 Å². The van der Waals surface area contributed by atoms with Gasteiger partial charge < -0.3 is 0 Å². The van der Waals surface area contributed by atoms with Crippen molar-refractivity contribution in [2.75, 3.05) is 4.90 Å². The van der Waals surface area contributed by atoms with Crippen LogP contribution < -0.4 is 4.90 Å². The predicted molar refractivity (Wildman–Crippen MR) is 165 cm³/mol. The Balaban J connectivity index is 1.60. The molecular formula is C36H37N3. The SMILES string of the molecule is CC(C)(C)c1cccc(-c2cccc(N(c3ccccc3)c3cccc(-c4cccc(C(C)(C)C)c4)n3)n2)c1. The molecule has 0 aliphatic carbocycles. The van der Waals surface area contributed by atoms with Crippen LogP contribution in [0.5, 0.6) is 0 Å². The predicted octanol–water partition coefficient (Wildman–Crippen LogP) is 9.88. The first kappa shape index (κ1) is 26.4. The first-order valence-corrected chi connectivity index (χ1v) is 13.6. The average Bonchev–Trinajstić information content (AvgIpc) is 2.93. The molecule has 0 N–H and O–H groups in total. The highest BCUT2D eigenvalue weighted by Crippen LogP contribution is 2.35. The minimum absolute atomic E-state index is 0.0678. The first-order valence-electron chi connectivity index (χ1n) is 13.6. The van der Waals surface area contributed by atoms with Gasteiger partial charge in [-0.15, -0.1) is 0 Å². The molecule has 0 saturated heterocycles. The summed E-state index contributed by atoms with van der Waals surface area (Å²) in [5.41, 5.74) is 7.83. The van der Waals surface area contributed by atoms with Gasteiger partial charge in [-0.25, -0.2) is 9.97 Å². The molecule has 0 unspecified atom stereocenters. The van der Waals surface area contributed by atoms with Gasteiger partial charge in [0.2, 0.25) is 0 Å². The van der Waals surface area contributed by atoms with E-state index < -0.39 is 0 Å². The number of para-hydroxylation sites is 1. The summed E-state index contributed by atoms with van der Waals surface area (Å²) in [7, 11) is 0. The summed E-state index contributed by atoms with van der Waals surface area (Å²) in [5, 5.41) is 0. The van der Waals surface area contributed by atoms with Crippen molar-refractivity contribution in [2.24, 2.45) is 0 Å². The van der Waals surface area contributed by atoms with Crippen LogP contribution in [-0.2, 0) is 10.8 Å². The fraction of sp³-hybridized carbons (Fsp3) is 0.222. The molecule has 5 aromatic rings. The van der Waals surface area contributed by atoms with E-state index in [0.717, 1.165) is 39.8 Å². The highest BCUT2D eigenvalue weighted by atomic mass is 15.2. The average molecular weight is 512 g/mol. The fourth-order valence-corrected chi connectivity index (χ4v) is 4.67. The molecule has 0 fully saturated rings. The molecule has 3 aromatic carbocycles. The van der Waals surface area contributed by atoms with Crippen molar-refractivity contribution in [3.05, 3.63) is 126 Å². The smallest absolute Gasteiger partial charge is 0.139 e. The van der Waals surface area contributed by atoms with Gasteiger partial charge in [0.15, 0.2) is 0 Å². The van der Waals surface area contributed by atoms with Gasteiger partial charge in [-0.1, -0.05) is 108 Å². The van der Waals surface area contributed by atoms with Gasteiger partial charge in [0, 0.05) is 16.8 Å². The van der Waals surface area contributed by atoms with Crippen LogP contribution in [0.3, 0.4) is 0 Å². The van der Waals surface area contributed by atoms with E-state index in [-0.39, 0.29) is 10.8 Å². The molecule has 0 spiro atoms. The number of rotatable bonds is 5. The second kappa shape index (κ2) is 10.5. The summed E-state index contributed by atoms with van der Waals surface area (Å²) in [4.78, 5) is 12.4. The lowest BCUT2D eigenvalue weighted by atomic mass is 9.86. The molecule has 0 saturated carbocycles. The van der Waals surface area contributed by atoms with Crippen molar-refractivity contribution in [2.45, 2.75) is 52.4 Å². The largest absolute Gasteiger partial charge is 0.279 e. The molecule has 196 valence electrons. The normalized spacial score (nSPS) is 11.8. The topological polar surface area (TPSA) is 29.0 Å². The minimum Gasteiger partial charge on any atom is -0.279 e. The van der Waals surface area contributed by atoms with Gasteiger partial charge >= 0.3 is 0 Å². The molecule has 0 aliphatic rings. The third kappa shape index (κ3) is 5.93. The highest BCUT2D eigenvalue weighted by molar-refractivity contribution is 5.75. The van der Waals surface area contributed by atoms with Crippen LogP contribution in [0.15, 0.2) is 115 Å². The van der Waals surface area contributed by atoms with E-state index in [2.05, 4.69) is 156 Å². The Bertz CT molecular complexity index is 1470. The molecule has 0 amide bonds. The van der Waals surface area contributed by atoms with Crippen molar-refractivity contribution in [1.29, 1.82) is 0 Å². The first-order chi connectivity index (χ1) is 18.6. The molecule has 0 atom stereocenters. The van der Waals surface area contributed by atoms with E-state index in [1.165, 1.54) is 11.1 Å². The maximum absolute atomic E-state index is 5.15. The minimum atomic E-state index is 0.0678. The third-order valence-corrected chi connectivity index (χ3v) is 6.99. The zero-order valence-corrected chi connectivity index (χ0v) is 23.8. The number of benzene rings is 3. The molecule has 2 heterocycles. The van der Waals surface area contributed by atoms with Crippen LogP contribution in [-0.4, -0.2) is 9.97 Å². The summed E-state index contributed by atoms with van der Waals surface area (Å²) in [6.07, 6.45) is 0. The second-order valence-electron chi connectivity index (χ2n) is 12.1. The Hall–Kier alpha value is -4.24. The molecule has 0 aliphatic heterocycles. The van der Waals surface area contributed by atoms with Crippen LogP contribution in [0.2, 0.25) is 0 Å². The number of hydrogen-bond donors (Lipinski definition) is 0. The maximum atomic E-state index is 5.15. The van der Waals surface area contributed by atoms with Crippen molar-refractivity contribution in [3.63, 3.8) is 0 Å². The summed E-state index contributed by atoms with van der Waals surface area (Å²) < 4.78 is 0. The lowest BCUT2D eigenvalue weighted by Gasteiger charge is -2.24. The maximum Gasteiger partial charge on any atom is 0.139 e. The molecule has 0 radical (unpaired) electrons. The fourth-order valence-electron chi connectivity index (χ4n) is 4.67. The summed E-state index contributed by atoms with van der Waals surface area (Å²) >= 11 is 0. The second-order valence-corrected chi connectivity index (χ2v) is 12.1. The molecule has 5 rings (SSSR count). The Morgan fingerprint density at radius 3 is 1.33 bits per heavy atom. The van der Waals surface area contributed by atoms with E-state index in [9.17, 15) is 0 Å². The van der Waals surface area contributed by atoms with Gasteiger partial charge in [-0.3, -0.25) is 4.90 Å². The lowest BCUT2D eigenvalue weighted by molar-refractivity contribution is 0.590. The Morgan fingerprint density at radius 1 is 0.462 bits per heavy atom. The molecule has 2 aromatic heterocycles. The van der Waals surface area contributed by atoms with Crippen LogP contribution in [0, 0.1) is 0 Å². The van der Waals surface area contributed by atoms with E-state index in [1.54, 1.807) is 0 Å². The van der Waals surface area contributed by atoms with Gasteiger partial charge in [0.25, 0.3) is 0 Å². The lowest BCUT2D eigenvalue weighted by Crippen LogP contribution is -2.14. The van der Waals surface area contributed by atoms with E-state index in [1.807, 2.05) is 6.07 Å². The summed E-state index contributed by atoms with van der Waals surface area (Å²) in [6, 6.07) is 40.1. The molecular weight excluding hydrogens is 474 g/mol. The third-order valence-electron chi connectivity index (χ3n) is 6.99. The van der Waals surface area contributed by atoms with Crippen molar-refractivity contribution in [3.8, 4) is 22.5 Å². The highest BCUT2D eigenvalue weighted by Gasteiger charge is 2.19. The van der Waals surface area contributed by atoms with Gasteiger partial charge in [0.05, 0.1) is 11.4 Å². The Morgan fingerprint density at radius 2 is 0.897 bits per heavy atom. The van der Waals surface area contributed by atoms with Crippen LogP contribution in [0.1, 0.15) is 52.7 Å². The number of nitrogens with zero attached hydrogens (tertiary/aromatic N) is 3. The van der Waals surface area contributed by atoms with Gasteiger partial charge in [-0.2, -0.15) is 0 Å². The quantitative estimate of drug-likeness (QED) is 0.235. The van der Waals surface area contributed by atoms with E-state index in [0.29, 0.717) is 0 Å². The molecule has 3 heteroatoms. The van der Waals surface area contributed by atoms with E-state index >= 15 is 0 Å². The van der Waals surface area contributed by atoms with Crippen molar-refractivity contribution < 1.29 is 0 Å². The number of hydrogen-bond acceptors (Lipinski definition) is 3.